The first-order chi connectivity index (χ1) is 9.09. The Morgan fingerprint density at radius 1 is 0.947 bits per heavy atom. The van der Waals surface area contributed by atoms with Crippen molar-refractivity contribution < 1.29 is 0 Å². The molecule has 0 aromatic rings. The van der Waals surface area contributed by atoms with Gasteiger partial charge in [0, 0.05) is 24.7 Å². The van der Waals surface area contributed by atoms with Gasteiger partial charge in [0.15, 0.2) is 0 Å². The number of likely N-dealkylation sites (N-methyl/N-ethyl adjacent to an activating group) is 1. The van der Waals surface area contributed by atoms with Gasteiger partial charge in [0.05, 0.1) is 0 Å². The Labute approximate surface area is 121 Å². The van der Waals surface area contributed by atoms with Crippen molar-refractivity contribution in [2.24, 2.45) is 0 Å². The highest BCUT2D eigenvalue weighted by atomic mass is 15.2. The van der Waals surface area contributed by atoms with Crippen LogP contribution in [-0.4, -0.2) is 36.6 Å². The summed E-state index contributed by atoms with van der Waals surface area (Å²) in [6.45, 7) is 9.52. The molecular weight excluding hydrogens is 232 g/mol. The molecule has 0 bridgehead atoms. The van der Waals surface area contributed by atoms with E-state index in [1.807, 2.05) is 0 Å². The molecule has 1 aliphatic heterocycles. The van der Waals surface area contributed by atoms with E-state index in [-0.39, 0.29) is 0 Å². The number of hydrogen-bond acceptors (Lipinski definition) is 2. The molecule has 1 N–H and O–H groups in total. The third-order valence-electron chi connectivity index (χ3n) is 4.53. The van der Waals surface area contributed by atoms with Crippen LogP contribution >= 0.6 is 0 Å². The zero-order valence-electron chi connectivity index (χ0n) is 13.8. The molecule has 0 saturated carbocycles. The largest absolute Gasteiger partial charge is 0.306 e. The summed E-state index contributed by atoms with van der Waals surface area (Å²) in [6, 6.07) is 0.738. The molecule has 1 unspecified atom stereocenters. The van der Waals surface area contributed by atoms with Gasteiger partial charge in [-0.25, -0.2) is 0 Å². The number of nitrogens with one attached hydrogen (secondary N) is 1. The minimum atomic E-state index is 0.383. The minimum Gasteiger partial charge on any atom is -0.306 e. The van der Waals surface area contributed by atoms with Crippen molar-refractivity contribution in [1.29, 1.82) is 0 Å². The lowest BCUT2D eigenvalue weighted by Gasteiger charge is -2.44. The molecule has 1 saturated heterocycles. The van der Waals surface area contributed by atoms with E-state index in [4.69, 9.17) is 0 Å². The molecule has 0 amide bonds. The molecule has 0 radical (unpaired) electrons. The summed E-state index contributed by atoms with van der Waals surface area (Å²) < 4.78 is 0. The van der Waals surface area contributed by atoms with Crippen molar-refractivity contribution >= 4 is 0 Å². The highest BCUT2D eigenvalue weighted by molar-refractivity contribution is 4.92. The summed E-state index contributed by atoms with van der Waals surface area (Å²) in [5.41, 5.74) is 0.383. The fourth-order valence-electron chi connectivity index (χ4n) is 3.24. The molecule has 114 valence electrons. The third-order valence-corrected chi connectivity index (χ3v) is 4.53. The van der Waals surface area contributed by atoms with Crippen LogP contribution < -0.4 is 5.32 Å². The molecule has 1 heterocycles. The quantitative estimate of drug-likeness (QED) is 0.565. The second kappa shape index (κ2) is 8.97. The number of rotatable bonds is 11. The van der Waals surface area contributed by atoms with Crippen LogP contribution in [0.1, 0.15) is 78.6 Å². The zero-order chi connectivity index (χ0) is 14.1. The van der Waals surface area contributed by atoms with Crippen LogP contribution in [0.4, 0.5) is 0 Å². The summed E-state index contributed by atoms with van der Waals surface area (Å²) in [5, 5.41) is 3.94. The van der Waals surface area contributed by atoms with Crippen LogP contribution in [-0.2, 0) is 0 Å². The first kappa shape index (κ1) is 17.0. The fourth-order valence-corrected chi connectivity index (χ4v) is 3.24. The van der Waals surface area contributed by atoms with Gasteiger partial charge >= 0.3 is 0 Å². The van der Waals surface area contributed by atoms with E-state index in [2.05, 4.69) is 38.0 Å². The van der Waals surface area contributed by atoms with Gasteiger partial charge in [0.1, 0.15) is 0 Å². The maximum absolute atomic E-state index is 3.94. The molecule has 0 aromatic heterocycles. The number of hydrogen-bond donors (Lipinski definition) is 1. The molecule has 1 atom stereocenters. The topological polar surface area (TPSA) is 15.3 Å². The summed E-state index contributed by atoms with van der Waals surface area (Å²) in [6.07, 6.45) is 12.4. The van der Waals surface area contributed by atoms with Gasteiger partial charge in [-0.1, -0.05) is 58.8 Å². The van der Waals surface area contributed by atoms with Gasteiger partial charge in [-0.15, -0.1) is 0 Å². The van der Waals surface area contributed by atoms with E-state index in [0.717, 1.165) is 6.04 Å². The molecule has 1 rings (SSSR count). The number of unbranched alkanes of at least 4 members (excludes halogenated alkanes) is 5. The molecule has 0 aromatic carbocycles. The van der Waals surface area contributed by atoms with Crippen molar-refractivity contribution in [1.82, 2.24) is 10.2 Å². The van der Waals surface area contributed by atoms with Crippen LogP contribution in [0, 0.1) is 0 Å². The SMILES string of the molecule is CCCCCCCC(C)(CCCC)NC1CN(C)C1. The van der Waals surface area contributed by atoms with E-state index >= 15 is 0 Å². The van der Waals surface area contributed by atoms with Gasteiger partial charge in [0.25, 0.3) is 0 Å². The first-order valence-electron chi connectivity index (χ1n) is 8.56. The van der Waals surface area contributed by atoms with Gasteiger partial charge < -0.3 is 10.2 Å². The molecule has 0 aliphatic carbocycles. The van der Waals surface area contributed by atoms with E-state index in [9.17, 15) is 0 Å². The summed E-state index contributed by atoms with van der Waals surface area (Å²) in [5.74, 6) is 0. The molecule has 0 spiro atoms. The molecule has 2 nitrogen and oxygen atoms in total. The maximum Gasteiger partial charge on any atom is 0.0327 e. The lowest BCUT2D eigenvalue weighted by atomic mass is 9.87. The van der Waals surface area contributed by atoms with Crippen LogP contribution in [0.3, 0.4) is 0 Å². The van der Waals surface area contributed by atoms with Crippen molar-refractivity contribution in [2.75, 3.05) is 20.1 Å². The Morgan fingerprint density at radius 2 is 1.53 bits per heavy atom. The fraction of sp³-hybridized carbons (Fsp3) is 1.00. The monoisotopic (exact) mass is 268 g/mol. The second-order valence-corrected chi connectivity index (χ2v) is 6.89. The summed E-state index contributed by atoms with van der Waals surface area (Å²) in [7, 11) is 2.21. The lowest BCUT2D eigenvalue weighted by Crippen LogP contribution is -2.62. The number of nitrogens with zero attached hydrogens (tertiary/aromatic N) is 1. The van der Waals surface area contributed by atoms with Gasteiger partial charge in [0.2, 0.25) is 0 Å². The predicted molar refractivity (Wildman–Crippen MR) is 85.7 cm³/mol. The van der Waals surface area contributed by atoms with Gasteiger partial charge in [-0.2, -0.15) is 0 Å². The summed E-state index contributed by atoms with van der Waals surface area (Å²) in [4.78, 5) is 2.40. The first-order valence-corrected chi connectivity index (χ1v) is 8.56. The second-order valence-electron chi connectivity index (χ2n) is 6.89. The van der Waals surface area contributed by atoms with Crippen LogP contribution in [0.25, 0.3) is 0 Å². The molecule has 1 aliphatic rings. The number of likely N-dealkylation sites (tertiary alicyclic amines) is 1. The van der Waals surface area contributed by atoms with Crippen LogP contribution in [0.5, 0.6) is 0 Å². The smallest absolute Gasteiger partial charge is 0.0327 e. The summed E-state index contributed by atoms with van der Waals surface area (Å²) >= 11 is 0. The Morgan fingerprint density at radius 3 is 2.11 bits per heavy atom. The minimum absolute atomic E-state index is 0.383. The third kappa shape index (κ3) is 6.76. The maximum atomic E-state index is 3.94. The predicted octanol–water partition coefficient (Wildman–Crippen LogP) is 4.20. The zero-order valence-corrected chi connectivity index (χ0v) is 13.8. The molecule has 19 heavy (non-hydrogen) atoms. The molecule has 1 fully saturated rings. The van der Waals surface area contributed by atoms with E-state index in [1.165, 1.54) is 70.9 Å². The average Bonchev–Trinajstić information content (AvgIpc) is 2.34. The Balaban J connectivity index is 2.27. The Kier molecular flexibility index (Phi) is 8.01. The highest BCUT2D eigenvalue weighted by Crippen LogP contribution is 2.24. The highest BCUT2D eigenvalue weighted by Gasteiger charge is 2.31. The van der Waals surface area contributed by atoms with Crippen molar-refractivity contribution in [3.8, 4) is 0 Å². The van der Waals surface area contributed by atoms with Crippen LogP contribution in [0.15, 0.2) is 0 Å². The van der Waals surface area contributed by atoms with Crippen LogP contribution in [0.2, 0.25) is 0 Å². The average molecular weight is 268 g/mol. The van der Waals surface area contributed by atoms with E-state index < -0.39 is 0 Å². The lowest BCUT2D eigenvalue weighted by molar-refractivity contribution is 0.119. The molecule has 2 heteroatoms. The molecular formula is C17H36N2. The Bertz CT molecular complexity index is 223. The van der Waals surface area contributed by atoms with E-state index in [0.29, 0.717) is 5.54 Å². The Hall–Kier alpha value is -0.0800. The van der Waals surface area contributed by atoms with Crippen molar-refractivity contribution in [2.45, 2.75) is 90.1 Å². The standard InChI is InChI=1S/C17H36N2/c1-5-7-9-10-11-13-17(3,12-8-6-2)18-16-14-19(4)15-16/h16,18H,5-15H2,1-4H3. The van der Waals surface area contributed by atoms with Gasteiger partial charge in [-0.05, 0) is 26.8 Å². The van der Waals surface area contributed by atoms with E-state index in [1.54, 1.807) is 0 Å². The normalized spacial score (nSPS) is 20.2. The van der Waals surface area contributed by atoms with Crippen molar-refractivity contribution in [3.63, 3.8) is 0 Å². The van der Waals surface area contributed by atoms with Gasteiger partial charge in [-0.3, -0.25) is 0 Å². The van der Waals surface area contributed by atoms with Crippen molar-refractivity contribution in [3.05, 3.63) is 0 Å².